The van der Waals surface area contributed by atoms with Gasteiger partial charge in [-0.1, -0.05) is 19.9 Å². The molecule has 112 valence electrons. The van der Waals surface area contributed by atoms with E-state index in [-0.39, 0.29) is 11.4 Å². The van der Waals surface area contributed by atoms with E-state index in [1.54, 1.807) is 16.9 Å². The lowest BCUT2D eigenvalue weighted by Gasteiger charge is -2.27. The summed E-state index contributed by atoms with van der Waals surface area (Å²) < 4.78 is 1.65. The second-order valence-corrected chi connectivity index (χ2v) is 5.46. The van der Waals surface area contributed by atoms with E-state index in [0.29, 0.717) is 11.4 Å². The Bertz CT molecular complexity index is 629. The van der Waals surface area contributed by atoms with Gasteiger partial charge in [-0.15, -0.1) is 0 Å². The molecule has 0 atom stereocenters. The fraction of sp³-hybridized carbons (Fsp3) is 0.375. The summed E-state index contributed by atoms with van der Waals surface area (Å²) in [4.78, 5) is 12.3. The molecule has 1 amide bonds. The molecule has 0 saturated carbocycles. The summed E-state index contributed by atoms with van der Waals surface area (Å²) in [5.41, 5.74) is 7.47. The van der Waals surface area contributed by atoms with Gasteiger partial charge in [0.25, 0.3) is 5.91 Å². The number of nitrogens with one attached hydrogen (secondary N) is 1. The van der Waals surface area contributed by atoms with Crippen LogP contribution < -0.4 is 11.1 Å². The fourth-order valence-electron chi connectivity index (χ4n) is 2.02. The van der Waals surface area contributed by atoms with Crippen molar-refractivity contribution in [3.63, 3.8) is 0 Å². The molecule has 0 bridgehead atoms. The number of nitrogens with zero attached hydrogens (tertiary/aromatic N) is 2. The number of nitrogen functional groups attached to an aromatic ring is 1. The molecule has 0 spiro atoms. The molecular formula is C16H22N4O. The van der Waals surface area contributed by atoms with E-state index < -0.39 is 0 Å². The summed E-state index contributed by atoms with van der Waals surface area (Å²) in [6.45, 7) is 6.17. The van der Waals surface area contributed by atoms with Crippen molar-refractivity contribution in [1.82, 2.24) is 15.1 Å². The maximum absolute atomic E-state index is 12.3. The number of carbonyl (C=O) groups excluding carboxylic acids is 1. The standard InChI is InChI=1S/C16H22N4O/c1-4-16(3,5-2)18-15(21)14-9-10-20(19-14)13-8-6-7-12(17)11-13/h6-11H,4-5,17H2,1-3H3,(H,18,21). The van der Waals surface area contributed by atoms with E-state index in [0.717, 1.165) is 18.5 Å². The minimum absolute atomic E-state index is 0.149. The number of rotatable bonds is 5. The monoisotopic (exact) mass is 286 g/mol. The molecule has 0 saturated heterocycles. The highest BCUT2D eigenvalue weighted by Gasteiger charge is 2.23. The van der Waals surface area contributed by atoms with E-state index in [9.17, 15) is 4.79 Å². The van der Waals surface area contributed by atoms with Gasteiger partial charge in [-0.05, 0) is 44.0 Å². The number of hydrogen-bond acceptors (Lipinski definition) is 3. The molecule has 0 unspecified atom stereocenters. The van der Waals surface area contributed by atoms with Crippen LogP contribution in [0.5, 0.6) is 0 Å². The Labute approximate surface area is 125 Å². The minimum atomic E-state index is -0.196. The SMILES string of the molecule is CCC(C)(CC)NC(=O)c1ccn(-c2cccc(N)c2)n1. The van der Waals surface area contributed by atoms with Crippen LogP contribution in [0, 0.1) is 0 Å². The number of anilines is 1. The van der Waals surface area contributed by atoms with Crippen molar-refractivity contribution in [2.24, 2.45) is 0 Å². The van der Waals surface area contributed by atoms with E-state index in [2.05, 4.69) is 24.3 Å². The molecule has 0 fully saturated rings. The van der Waals surface area contributed by atoms with Gasteiger partial charge in [0.1, 0.15) is 0 Å². The van der Waals surface area contributed by atoms with Gasteiger partial charge in [0.15, 0.2) is 5.69 Å². The first-order chi connectivity index (χ1) is 9.97. The van der Waals surface area contributed by atoms with E-state index in [1.807, 2.05) is 31.2 Å². The average molecular weight is 286 g/mol. The minimum Gasteiger partial charge on any atom is -0.399 e. The molecule has 1 aromatic carbocycles. The van der Waals surface area contributed by atoms with Crippen LogP contribution in [0.15, 0.2) is 36.5 Å². The number of hydrogen-bond donors (Lipinski definition) is 2. The first-order valence-corrected chi connectivity index (χ1v) is 7.21. The molecular weight excluding hydrogens is 264 g/mol. The van der Waals surface area contributed by atoms with Gasteiger partial charge in [0, 0.05) is 17.4 Å². The molecule has 0 aliphatic carbocycles. The second kappa shape index (κ2) is 5.99. The van der Waals surface area contributed by atoms with Gasteiger partial charge in [0.2, 0.25) is 0 Å². The van der Waals surface area contributed by atoms with Crippen molar-refractivity contribution >= 4 is 11.6 Å². The van der Waals surface area contributed by atoms with Crippen molar-refractivity contribution in [3.8, 4) is 5.69 Å². The summed E-state index contributed by atoms with van der Waals surface area (Å²) in [6, 6.07) is 9.10. The first-order valence-electron chi connectivity index (χ1n) is 7.21. The molecule has 1 aromatic heterocycles. The Morgan fingerprint density at radius 2 is 2.05 bits per heavy atom. The third-order valence-corrected chi connectivity index (χ3v) is 3.93. The zero-order valence-electron chi connectivity index (χ0n) is 12.8. The largest absolute Gasteiger partial charge is 0.399 e. The molecule has 5 nitrogen and oxygen atoms in total. The highest BCUT2D eigenvalue weighted by Crippen LogP contribution is 2.15. The molecule has 21 heavy (non-hydrogen) atoms. The Hall–Kier alpha value is -2.30. The third-order valence-electron chi connectivity index (χ3n) is 3.93. The Balaban J connectivity index is 2.18. The van der Waals surface area contributed by atoms with Crippen molar-refractivity contribution in [1.29, 1.82) is 0 Å². The average Bonchev–Trinajstić information content (AvgIpc) is 2.97. The number of carbonyl (C=O) groups is 1. The van der Waals surface area contributed by atoms with Crippen molar-refractivity contribution < 1.29 is 4.79 Å². The number of nitrogens with two attached hydrogens (primary N) is 1. The van der Waals surface area contributed by atoms with Crippen LogP contribution in [0.2, 0.25) is 0 Å². The maximum Gasteiger partial charge on any atom is 0.272 e. The lowest BCUT2D eigenvalue weighted by Crippen LogP contribution is -2.45. The molecule has 0 aliphatic heterocycles. The zero-order valence-corrected chi connectivity index (χ0v) is 12.8. The summed E-state index contributed by atoms with van der Waals surface area (Å²) in [7, 11) is 0. The van der Waals surface area contributed by atoms with Gasteiger partial charge in [-0.25, -0.2) is 4.68 Å². The molecule has 0 aliphatic rings. The van der Waals surface area contributed by atoms with Crippen molar-refractivity contribution in [3.05, 3.63) is 42.2 Å². The van der Waals surface area contributed by atoms with E-state index in [1.165, 1.54) is 0 Å². The van der Waals surface area contributed by atoms with Gasteiger partial charge in [0.05, 0.1) is 5.69 Å². The first kappa shape index (κ1) is 15.1. The van der Waals surface area contributed by atoms with E-state index >= 15 is 0 Å². The third kappa shape index (κ3) is 3.42. The predicted molar refractivity (Wildman–Crippen MR) is 84.4 cm³/mol. The smallest absolute Gasteiger partial charge is 0.272 e. The molecule has 3 N–H and O–H groups in total. The van der Waals surface area contributed by atoms with Crippen molar-refractivity contribution in [2.45, 2.75) is 39.2 Å². The topological polar surface area (TPSA) is 72.9 Å². The Morgan fingerprint density at radius 1 is 1.33 bits per heavy atom. The lowest BCUT2D eigenvalue weighted by atomic mass is 9.95. The van der Waals surface area contributed by atoms with Crippen LogP contribution in [0.4, 0.5) is 5.69 Å². The van der Waals surface area contributed by atoms with E-state index in [4.69, 9.17) is 5.73 Å². The maximum atomic E-state index is 12.3. The normalized spacial score (nSPS) is 11.4. The molecule has 2 aromatic rings. The summed E-state index contributed by atoms with van der Waals surface area (Å²) in [5.74, 6) is -0.149. The predicted octanol–water partition coefficient (Wildman–Crippen LogP) is 2.76. The van der Waals surface area contributed by atoms with Crippen LogP contribution in [-0.4, -0.2) is 21.2 Å². The highest BCUT2D eigenvalue weighted by atomic mass is 16.2. The highest BCUT2D eigenvalue weighted by molar-refractivity contribution is 5.92. The van der Waals surface area contributed by atoms with Crippen LogP contribution in [-0.2, 0) is 0 Å². The Kier molecular flexibility index (Phi) is 4.31. The van der Waals surface area contributed by atoms with Crippen LogP contribution in [0.1, 0.15) is 44.1 Å². The van der Waals surface area contributed by atoms with Gasteiger partial charge in [-0.3, -0.25) is 4.79 Å². The summed E-state index contributed by atoms with van der Waals surface area (Å²) in [6.07, 6.45) is 3.52. The molecule has 5 heteroatoms. The van der Waals surface area contributed by atoms with Crippen LogP contribution >= 0.6 is 0 Å². The fourth-order valence-corrected chi connectivity index (χ4v) is 2.02. The number of aromatic nitrogens is 2. The molecule has 2 rings (SSSR count). The zero-order chi connectivity index (χ0) is 15.5. The van der Waals surface area contributed by atoms with Gasteiger partial charge < -0.3 is 11.1 Å². The summed E-state index contributed by atoms with van der Waals surface area (Å²) >= 11 is 0. The Morgan fingerprint density at radius 3 is 2.67 bits per heavy atom. The van der Waals surface area contributed by atoms with Gasteiger partial charge in [-0.2, -0.15) is 5.10 Å². The second-order valence-electron chi connectivity index (χ2n) is 5.46. The quantitative estimate of drug-likeness (QED) is 0.830. The summed E-state index contributed by atoms with van der Waals surface area (Å²) in [5, 5.41) is 7.37. The van der Waals surface area contributed by atoms with Crippen LogP contribution in [0.25, 0.3) is 5.69 Å². The lowest BCUT2D eigenvalue weighted by molar-refractivity contribution is 0.0895. The van der Waals surface area contributed by atoms with Gasteiger partial charge >= 0.3 is 0 Å². The number of benzene rings is 1. The molecule has 1 heterocycles. The van der Waals surface area contributed by atoms with Crippen molar-refractivity contribution in [2.75, 3.05) is 5.73 Å². The number of amides is 1. The molecule has 0 radical (unpaired) electrons. The van der Waals surface area contributed by atoms with Crippen LogP contribution in [0.3, 0.4) is 0 Å².